The van der Waals surface area contributed by atoms with Crippen LogP contribution in [0.5, 0.6) is 11.6 Å². The molecule has 9 nitrogen and oxygen atoms in total. The predicted molar refractivity (Wildman–Crippen MR) is 130 cm³/mol. The van der Waals surface area contributed by atoms with Gasteiger partial charge in [-0.05, 0) is 36.8 Å². The van der Waals surface area contributed by atoms with Crippen molar-refractivity contribution in [3.63, 3.8) is 0 Å². The molecule has 1 fully saturated rings. The van der Waals surface area contributed by atoms with Crippen LogP contribution in [0.2, 0.25) is 0 Å². The number of alkyl halides is 4. The van der Waals surface area contributed by atoms with E-state index in [1.165, 1.54) is 30.0 Å². The summed E-state index contributed by atoms with van der Waals surface area (Å²) in [6, 6.07) is 12.3. The highest BCUT2D eigenvalue weighted by atomic mass is 19.4. The van der Waals surface area contributed by atoms with Crippen LogP contribution in [-0.2, 0) is 17.9 Å². The lowest BCUT2D eigenvalue weighted by atomic mass is 10.1. The second-order valence-electron chi connectivity index (χ2n) is 8.59. The van der Waals surface area contributed by atoms with E-state index in [9.17, 15) is 22.4 Å². The van der Waals surface area contributed by atoms with Gasteiger partial charge in [-0.25, -0.2) is 13.9 Å². The molecule has 1 saturated heterocycles. The molecule has 1 aromatic heterocycles. The standard InChI is InChI=1S/C25H27F4N5O4/c1-15-22(34(18-6-4-3-5-7-18)33-23(15)37-21-13-30-12-19(21)26)32-24(35)31-11-17-10-16(14-36-2)8-9-20(17)38-25(27,28)29/h3-10,19,21,30H,11-14H2,1-2H3,(H2,31,32,35)/t19-,21-/m0/s1. The van der Waals surface area contributed by atoms with Crippen molar-refractivity contribution >= 4 is 11.8 Å². The number of para-hydroxylation sites is 1. The molecule has 204 valence electrons. The number of aromatic nitrogens is 2. The zero-order valence-corrected chi connectivity index (χ0v) is 20.6. The van der Waals surface area contributed by atoms with Crippen LogP contribution in [0.3, 0.4) is 0 Å². The molecule has 3 aromatic rings. The molecular formula is C25H27F4N5O4. The van der Waals surface area contributed by atoms with Crippen molar-refractivity contribution in [2.45, 2.75) is 38.7 Å². The molecule has 13 heteroatoms. The summed E-state index contributed by atoms with van der Waals surface area (Å²) in [6.45, 7) is 2.04. The number of rotatable bonds is 9. The molecule has 0 radical (unpaired) electrons. The fourth-order valence-corrected chi connectivity index (χ4v) is 3.95. The van der Waals surface area contributed by atoms with E-state index in [-0.39, 0.29) is 37.0 Å². The molecule has 0 bridgehead atoms. The molecule has 2 heterocycles. The molecule has 4 rings (SSSR count). The fourth-order valence-electron chi connectivity index (χ4n) is 3.95. The Labute approximate surface area is 216 Å². The SMILES string of the molecule is COCc1ccc(OC(F)(F)F)c(CNC(=O)Nc2c(C)c(O[C@H]3CNC[C@@H]3F)nn2-c2ccccc2)c1. The number of methoxy groups -OCH3 is 1. The number of amides is 2. The van der Waals surface area contributed by atoms with Gasteiger partial charge in [0.05, 0.1) is 17.9 Å². The van der Waals surface area contributed by atoms with Gasteiger partial charge in [0.1, 0.15) is 17.7 Å². The van der Waals surface area contributed by atoms with Crippen molar-refractivity contribution in [3.8, 4) is 17.3 Å². The highest BCUT2D eigenvalue weighted by Crippen LogP contribution is 2.31. The number of hydrogen-bond donors (Lipinski definition) is 3. The van der Waals surface area contributed by atoms with Gasteiger partial charge in [-0.1, -0.05) is 24.3 Å². The van der Waals surface area contributed by atoms with Crippen molar-refractivity contribution < 1.29 is 36.6 Å². The summed E-state index contributed by atoms with van der Waals surface area (Å²) in [5, 5.41) is 12.6. The maximum atomic E-state index is 14.1. The zero-order chi connectivity index (χ0) is 27.3. The number of halogens is 4. The molecule has 1 aliphatic rings. The maximum absolute atomic E-state index is 14.1. The van der Waals surface area contributed by atoms with E-state index in [0.717, 1.165) is 0 Å². The van der Waals surface area contributed by atoms with Crippen molar-refractivity contribution in [3.05, 3.63) is 65.2 Å². The van der Waals surface area contributed by atoms with Gasteiger partial charge in [-0.2, -0.15) is 0 Å². The van der Waals surface area contributed by atoms with E-state index in [0.29, 0.717) is 23.4 Å². The van der Waals surface area contributed by atoms with Crippen LogP contribution in [0, 0.1) is 6.92 Å². The minimum absolute atomic E-state index is 0.104. The van der Waals surface area contributed by atoms with Gasteiger partial charge in [0.15, 0.2) is 6.17 Å². The van der Waals surface area contributed by atoms with E-state index < -0.39 is 30.4 Å². The van der Waals surface area contributed by atoms with Crippen molar-refractivity contribution in [2.24, 2.45) is 0 Å². The Morgan fingerprint density at radius 3 is 2.61 bits per heavy atom. The van der Waals surface area contributed by atoms with Crippen LogP contribution >= 0.6 is 0 Å². The van der Waals surface area contributed by atoms with E-state index in [2.05, 4.69) is 25.8 Å². The van der Waals surface area contributed by atoms with Crippen LogP contribution in [-0.4, -0.2) is 54.6 Å². The summed E-state index contributed by atoms with van der Waals surface area (Å²) in [5.41, 5.74) is 1.76. The Morgan fingerprint density at radius 2 is 1.95 bits per heavy atom. The Hall–Kier alpha value is -3.84. The molecule has 0 saturated carbocycles. The quantitative estimate of drug-likeness (QED) is 0.354. The lowest BCUT2D eigenvalue weighted by Gasteiger charge is -2.16. The summed E-state index contributed by atoms with van der Waals surface area (Å²) in [5.74, 6) is -0.0385. The van der Waals surface area contributed by atoms with Gasteiger partial charge in [-0.3, -0.25) is 5.32 Å². The Balaban J connectivity index is 1.55. The molecule has 2 amide bonds. The average molecular weight is 538 g/mol. The molecule has 3 N–H and O–H groups in total. The topological polar surface area (TPSA) is 98.7 Å². The van der Waals surface area contributed by atoms with Gasteiger partial charge in [0.25, 0.3) is 0 Å². The molecule has 2 atom stereocenters. The minimum atomic E-state index is -4.90. The summed E-state index contributed by atoms with van der Waals surface area (Å²) >= 11 is 0. The number of ether oxygens (including phenoxy) is 3. The molecule has 0 aliphatic carbocycles. The highest BCUT2D eigenvalue weighted by Gasteiger charge is 2.33. The number of benzene rings is 2. The summed E-state index contributed by atoms with van der Waals surface area (Å²) in [7, 11) is 1.46. The van der Waals surface area contributed by atoms with Gasteiger partial charge in [0, 0.05) is 32.3 Å². The molecule has 2 aromatic carbocycles. The van der Waals surface area contributed by atoms with E-state index in [4.69, 9.17) is 9.47 Å². The third-order valence-electron chi connectivity index (χ3n) is 5.76. The Morgan fingerprint density at radius 1 is 1.18 bits per heavy atom. The number of nitrogens with zero attached hydrogens (tertiary/aromatic N) is 2. The zero-order valence-electron chi connectivity index (χ0n) is 20.6. The van der Waals surface area contributed by atoms with Crippen LogP contribution < -0.4 is 25.4 Å². The lowest BCUT2D eigenvalue weighted by Crippen LogP contribution is -2.30. The number of carbonyl (C=O) groups is 1. The first-order valence-electron chi connectivity index (χ1n) is 11.7. The van der Waals surface area contributed by atoms with Gasteiger partial charge in [0.2, 0.25) is 5.88 Å². The maximum Gasteiger partial charge on any atom is 0.573 e. The largest absolute Gasteiger partial charge is 0.573 e. The lowest BCUT2D eigenvalue weighted by molar-refractivity contribution is -0.274. The van der Waals surface area contributed by atoms with E-state index >= 15 is 0 Å². The van der Waals surface area contributed by atoms with Crippen LogP contribution in [0.1, 0.15) is 16.7 Å². The first-order chi connectivity index (χ1) is 18.1. The number of urea groups is 1. The Kier molecular flexibility index (Phi) is 8.37. The fraction of sp³-hybridized carbons (Fsp3) is 0.360. The summed E-state index contributed by atoms with van der Waals surface area (Å²) in [4.78, 5) is 12.9. The highest BCUT2D eigenvalue weighted by molar-refractivity contribution is 5.89. The predicted octanol–water partition coefficient (Wildman–Crippen LogP) is 4.24. The van der Waals surface area contributed by atoms with Crippen molar-refractivity contribution in [1.82, 2.24) is 20.4 Å². The van der Waals surface area contributed by atoms with E-state index in [1.807, 2.05) is 6.07 Å². The second kappa shape index (κ2) is 11.7. The van der Waals surface area contributed by atoms with Crippen LogP contribution in [0.25, 0.3) is 5.69 Å². The van der Waals surface area contributed by atoms with Crippen molar-refractivity contribution in [1.29, 1.82) is 0 Å². The Bertz CT molecular complexity index is 1250. The molecular weight excluding hydrogens is 510 g/mol. The third kappa shape index (κ3) is 6.72. The van der Waals surface area contributed by atoms with Crippen LogP contribution in [0.4, 0.5) is 28.2 Å². The smallest absolute Gasteiger partial charge is 0.469 e. The number of anilines is 1. The molecule has 0 spiro atoms. The number of hydrogen-bond acceptors (Lipinski definition) is 6. The second-order valence-corrected chi connectivity index (χ2v) is 8.59. The summed E-state index contributed by atoms with van der Waals surface area (Å²) < 4.78 is 69.2. The van der Waals surface area contributed by atoms with Gasteiger partial charge >= 0.3 is 12.4 Å². The third-order valence-corrected chi connectivity index (χ3v) is 5.76. The minimum Gasteiger partial charge on any atom is -0.469 e. The van der Waals surface area contributed by atoms with Gasteiger partial charge in [-0.15, -0.1) is 18.3 Å². The van der Waals surface area contributed by atoms with Crippen molar-refractivity contribution in [2.75, 3.05) is 25.5 Å². The van der Waals surface area contributed by atoms with Crippen LogP contribution in [0.15, 0.2) is 48.5 Å². The van der Waals surface area contributed by atoms with E-state index in [1.54, 1.807) is 31.2 Å². The molecule has 0 unspecified atom stereocenters. The molecule has 38 heavy (non-hydrogen) atoms. The summed E-state index contributed by atoms with van der Waals surface area (Å²) in [6.07, 6.45) is -6.85. The number of nitrogens with one attached hydrogen (secondary N) is 3. The normalized spacial score (nSPS) is 17.3. The average Bonchev–Trinajstić information content (AvgIpc) is 3.42. The first kappa shape index (κ1) is 27.2. The van der Waals surface area contributed by atoms with Gasteiger partial charge < -0.3 is 24.8 Å². The first-order valence-corrected chi connectivity index (χ1v) is 11.7. The number of carbonyl (C=O) groups excluding carboxylic acids is 1. The monoisotopic (exact) mass is 537 g/mol. The molecule has 1 aliphatic heterocycles.